The number of carbonyl (C=O) groups is 1. The van der Waals surface area contributed by atoms with Gasteiger partial charge in [-0.25, -0.2) is 9.67 Å². The first-order valence-electron chi connectivity index (χ1n) is 12.1. The number of hydrogen-bond donors (Lipinski definition) is 0. The molecule has 1 aliphatic rings. The number of thiazole rings is 1. The molecule has 4 heterocycles. The van der Waals surface area contributed by atoms with Crippen LogP contribution in [0.5, 0.6) is 0 Å². The van der Waals surface area contributed by atoms with Gasteiger partial charge in [0.2, 0.25) is 0 Å². The normalized spacial score (nSPS) is 15.6. The summed E-state index contributed by atoms with van der Waals surface area (Å²) >= 11 is 2.98. The third-order valence-corrected chi connectivity index (χ3v) is 8.44. The molecule has 1 fully saturated rings. The number of nitrogens with zero attached hydrogens (tertiary/aromatic N) is 4. The lowest BCUT2D eigenvalue weighted by Gasteiger charge is -2.22. The lowest BCUT2D eigenvalue weighted by atomic mass is 10.1. The molecule has 8 heteroatoms. The van der Waals surface area contributed by atoms with E-state index in [9.17, 15) is 4.79 Å². The number of aromatic nitrogens is 3. The van der Waals surface area contributed by atoms with Gasteiger partial charge in [0.1, 0.15) is 4.83 Å². The summed E-state index contributed by atoms with van der Waals surface area (Å²) in [4.78, 5) is 22.3. The van der Waals surface area contributed by atoms with Gasteiger partial charge in [0.25, 0.3) is 5.91 Å². The second-order valence-electron chi connectivity index (χ2n) is 9.09. The maximum Gasteiger partial charge on any atom is 0.270 e. The van der Waals surface area contributed by atoms with Crippen LogP contribution in [0.3, 0.4) is 0 Å². The van der Waals surface area contributed by atoms with Crippen molar-refractivity contribution in [2.24, 2.45) is 0 Å². The molecule has 6 rings (SSSR count). The number of thiophene rings is 1. The fourth-order valence-electron chi connectivity index (χ4n) is 4.51. The topological polar surface area (TPSA) is 60.2 Å². The quantitative estimate of drug-likeness (QED) is 0.254. The Balaban J connectivity index is 1.36. The second kappa shape index (κ2) is 9.61. The van der Waals surface area contributed by atoms with E-state index in [2.05, 4.69) is 31.2 Å². The van der Waals surface area contributed by atoms with E-state index < -0.39 is 0 Å². The standard InChI is InChI=1S/C28H26N4O2S2/c1-18-10-12-20(13-11-18)24-17-35-28(29-24)31(16-22-9-6-14-34-22)26(33)25-15-23-19(2)30-32(27(23)36-25)21-7-4-3-5-8-21/h3-5,7-8,10-13,15,17,22H,6,9,14,16H2,1-2H3/t22-/m1/s1. The van der Waals surface area contributed by atoms with Gasteiger partial charge in [0.15, 0.2) is 5.13 Å². The molecule has 1 atom stereocenters. The highest BCUT2D eigenvalue weighted by molar-refractivity contribution is 7.20. The van der Waals surface area contributed by atoms with Crippen LogP contribution in [0.15, 0.2) is 66.0 Å². The lowest BCUT2D eigenvalue weighted by Crippen LogP contribution is -2.37. The van der Waals surface area contributed by atoms with Crippen molar-refractivity contribution in [2.75, 3.05) is 18.1 Å². The zero-order valence-electron chi connectivity index (χ0n) is 20.2. The maximum atomic E-state index is 14.0. The molecular weight excluding hydrogens is 488 g/mol. The Labute approximate surface area is 217 Å². The van der Waals surface area contributed by atoms with Crippen molar-refractivity contribution in [3.8, 4) is 16.9 Å². The first-order valence-corrected chi connectivity index (χ1v) is 13.8. The number of fused-ring (bicyclic) bond motifs is 1. The number of para-hydroxylation sites is 1. The number of hydrogen-bond acceptors (Lipinski definition) is 6. The van der Waals surface area contributed by atoms with Crippen LogP contribution in [0, 0.1) is 13.8 Å². The van der Waals surface area contributed by atoms with Crippen molar-refractivity contribution in [1.82, 2.24) is 14.8 Å². The highest BCUT2D eigenvalue weighted by Crippen LogP contribution is 2.34. The second-order valence-corrected chi connectivity index (χ2v) is 11.0. The Morgan fingerprint density at radius 2 is 1.94 bits per heavy atom. The van der Waals surface area contributed by atoms with Crippen molar-refractivity contribution in [2.45, 2.75) is 32.8 Å². The number of ether oxygens (including phenoxy) is 1. The number of anilines is 1. The monoisotopic (exact) mass is 514 g/mol. The Hall–Kier alpha value is -3.33. The fraction of sp³-hybridized carbons (Fsp3) is 0.250. The van der Waals surface area contributed by atoms with Gasteiger partial charge >= 0.3 is 0 Å². The van der Waals surface area contributed by atoms with Gasteiger partial charge in [-0.1, -0.05) is 48.0 Å². The van der Waals surface area contributed by atoms with E-state index in [0.717, 1.165) is 52.3 Å². The fourth-order valence-corrected chi connectivity index (χ4v) is 6.49. The molecule has 182 valence electrons. The van der Waals surface area contributed by atoms with Crippen molar-refractivity contribution >= 4 is 43.9 Å². The molecule has 1 aliphatic heterocycles. The first-order chi connectivity index (χ1) is 17.6. The van der Waals surface area contributed by atoms with Crippen LogP contribution in [-0.2, 0) is 4.74 Å². The summed E-state index contributed by atoms with van der Waals surface area (Å²) in [6, 6.07) is 20.3. The zero-order chi connectivity index (χ0) is 24.6. The summed E-state index contributed by atoms with van der Waals surface area (Å²) in [7, 11) is 0. The van der Waals surface area contributed by atoms with Crippen LogP contribution in [0.1, 0.15) is 33.8 Å². The highest BCUT2D eigenvalue weighted by Gasteiger charge is 2.29. The molecule has 2 aromatic carbocycles. The van der Waals surface area contributed by atoms with Crippen LogP contribution in [0.2, 0.25) is 0 Å². The molecule has 0 saturated carbocycles. The van der Waals surface area contributed by atoms with E-state index in [-0.39, 0.29) is 12.0 Å². The van der Waals surface area contributed by atoms with E-state index in [1.54, 1.807) is 4.90 Å². The van der Waals surface area contributed by atoms with E-state index >= 15 is 0 Å². The predicted octanol–water partition coefficient (Wildman–Crippen LogP) is 6.65. The Morgan fingerprint density at radius 1 is 1.14 bits per heavy atom. The minimum atomic E-state index is -0.0458. The third kappa shape index (κ3) is 4.36. The molecule has 0 spiro atoms. The third-order valence-electron chi connectivity index (χ3n) is 6.48. The summed E-state index contributed by atoms with van der Waals surface area (Å²) < 4.78 is 7.83. The first kappa shape index (κ1) is 23.1. The number of carbonyl (C=O) groups excluding carboxylic acids is 1. The van der Waals surface area contributed by atoms with Crippen LogP contribution in [0.25, 0.3) is 27.2 Å². The van der Waals surface area contributed by atoms with Gasteiger partial charge < -0.3 is 4.74 Å². The minimum absolute atomic E-state index is 0.0246. The number of amides is 1. The molecule has 0 radical (unpaired) electrons. The number of rotatable bonds is 6. The van der Waals surface area contributed by atoms with E-state index in [1.165, 1.54) is 28.2 Å². The average Bonchev–Trinajstić information content (AvgIpc) is 3.69. The Kier molecular flexibility index (Phi) is 6.17. The van der Waals surface area contributed by atoms with Gasteiger partial charge in [0, 0.05) is 22.9 Å². The van der Waals surface area contributed by atoms with E-state index in [0.29, 0.717) is 16.6 Å². The van der Waals surface area contributed by atoms with Crippen molar-refractivity contribution in [3.05, 3.63) is 82.2 Å². The summed E-state index contributed by atoms with van der Waals surface area (Å²) in [5.41, 5.74) is 5.03. The Bertz CT molecular complexity index is 1510. The van der Waals surface area contributed by atoms with Crippen LogP contribution < -0.4 is 4.90 Å². The van der Waals surface area contributed by atoms with Crippen molar-refractivity contribution in [1.29, 1.82) is 0 Å². The van der Waals surface area contributed by atoms with Gasteiger partial charge in [-0.2, -0.15) is 5.10 Å². The predicted molar refractivity (Wildman–Crippen MR) is 147 cm³/mol. The van der Waals surface area contributed by atoms with Gasteiger partial charge in [-0.3, -0.25) is 9.69 Å². The molecule has 6 nitrogen and oxygen atoms in total. The van der Waals surface area contributed by atoms with E-state index in [4.69, 9.17) is 14.8 Å². The number of benzene rings is 2. The highest BCUT2D eigenvalue weighted by atomic mass is 32.1. The van der Waals surface area contributed by atoms with Gasteiger partial charge in [-0.15, -0.1) is 22.7 Å². The van der Waals surface area contributed by atoms with Crippen molar-refractivity contribution in [3.63, 3.8) is 0 Å². The van der Waals surface area contributed by atoms with Crippen LogP contribution in [0.4, 0.5) is 5.13 Å². The molecule has 3 aromatic heterocycles. The van der Waals surface area contributed by atoms with Gasteiger partial charge in [0.05, 0.1) is 34.6 Å². The summed E-state index contributed by atoms with van der Waals surface area (Å²) in [5.74, 6) is -0.0458. The molecule has 1 saturated heterocycles. The molecule has 0 aliphatic carbocycles. The maximum absolute atomic E-state index is 14.0. The summed E-state index contributed by atoms with van der Waals surface area (Å²) in [5, 5.41) is 8.45. The molecule has 0 N–H and O–H groups in total. The molecule has 1 amide bonds. The average molecular weight is 515 g/mol. The zero-order valence-corrected chi connectivity index (χ0v) is 21.8. The SMILES string of the molecule is Cc1ccc(-c2csc(N(C[C@H]3CCCO3)C(=O)c3cc4c(C)nn(-c5ccccc5)c4s3)n2)cc1. The lowest BCUT2D eigenvalue weighted by molar-refractivity contribution is 0.0920. The van der Waals surface area contributed by atoms with E-state index in [1.807, 2.05) is 53.4 Å². The molecule has 0 bridgehead atoms. The molecule has 5 aromatic rings. The molecular formula is C28H26N4O2S2. The molecule has 0 unspecified atom stereocenters. The van der Waals surface area contributed by atoms with Crippen molar-refractivity contribution < 1.29 is 9.53 Å². The summed E-state index contributed by atoms with van der Waals surface area (Å²) in [6.45, 7) is 5.30. The smallest absolute Gasteiger partial charge is 0.270 e. The minimum Gasteiger partial charge on any atom is -0.376 e. The Morgan fingerprint density at radius 3 is 2.69 bits per heavy atom. The number of aryl methyl sites for hydroxylation is 2. The summed E-state index contributed by atoms with van der Waals surface area (Å²) in [6.07, 6.45) is 2.00. The van der Waals surface area contributed by atoms with Crippen LogP contribution >= 0.6 is 22.7 Å². The van der Waals surface area contributed by atoms with Gasteiger partial charge in [-0.05, 0) is 44.9 Å². The molecule has 36 heavy (non-hydrogen) atoms. The largest absolute Gasteiger partial charge is 0.376 e. The van der Waals surface area contributed by atoms with Crippen LogP contribution in [-0.4, -0.2) is 39.9 Å².